The van der Waals surface area contributed by atoms with Crippen molar-refractivity contribution in [3.05, 3.63) is 12.7 Å². The van der Waals surface area contributed by atoms with Crippen molar-refractivity contribution in [3.63, 3.8) is 0 Å². The first-order valence-corrected chi connectivity index (χ1v) is 3.06. The van der Waals surface area contributed by atoms with Crippen LogP contribution in [0.2, 0.25) is 0 Å². The maximum atomic E-state index is 10.4. The number of hydrogen-bond acceptors (Lipinski definition) is 2. The van der Waals surface area contributed by atoms with Crippen molar-refractivity contribution in [1.82, 2.24) is 5.32 Å². The summed E-state index contributed by atoms with van der Waals surface area (Å²) in [5, 5.41) is 2.53. The fourth-order valence-corrected chi connectivity index (χ4v) is 0.444. The number of amides is 1. The summed E-state index contributed by atoms with van der Waals surface area (Å²) in [4.78, 5) is 20.1. The van der Waals surface area contributed by atoms with E-state index in [1.165, 1.54) is 6.08 Å². The van der Waals surface area contributed by atoms with Crippen LogP contribution in [0.4, 0.5) is 0 Å². The van der Waals surface area contributed by atoms with E-state index in [2.05, 4.69) is 11.9 Å². The highest BCUT2D eigenvalue weighted by molar-refractivity contribution is 5.86. The lowest BCUT2D eigenvalue weighted by atomic mass is 10.3. The van der Waals surface area contributed by atoms with Gasteiger partial charge in [-0.25, -0.2) is 0 Å². The Bertz CT molecular complexity index is 132. The van der Waals surface area contributed by atoms with Crippen LogP contribution in [0.25, 0.3) is 0 Å². The molecule has 0 spiro atoms. The fraction of sp³-hybridized carbons (Fsp3) is 0.429. The van der Waals surface area contributed by atoms with Gasteiger partial charge in [-0.1, -0.05) is 6.58 Å². The number of carbonyl (C=O) groups excluding carboxylic acids is 2. The van der Waals surface area contributed by atoms with Crippen molar-refractivity contribution in [2.24, 2.45) is 0 Å². The molecule has 0 fully saturated rings. The van der Waals surface area contributed by atoms with E-state index in [4.69, 9.17) is 0 Å². The Hall–Kier alpha value is -1.12. The Morgan fingerprint density at radius 1 is 1.70 bits per heavy atom. The minimum absolute atomic E-state index is 0.203. The average molecular weight is 140 g/mol. The van der Waals surface area contributed by atoms with E-state index in [0.29, 0.717) is 19.4 Å². The van der Waals surface area contributed by atoms with Crippen LogP contribution >= 0.6 is 0 Å². The summed E-state index contributed by atoms with van der Waals surface area (Å²) in [6.07, 6.45) is 3.95. The molecule has 0 saturated carbocycles. The van der Waals surface area contributed by atoms with Crippen LogP contribution in [0.15, 0.2) is 12.7 Å². The SMILES string of the molecule is C=CC(=O)NCCC[C]=O. The van der Waals surface area contributed by atoms with Crippen molar-refractivity contribution < 1.29 is 9.59 Å². The Kier molecular flexibility index (Phi) is 5.33. The third kappa shape index (κ3) is 5.03. The maximum Gasteiger partial charge on any atom is 0.243 e. The highest BCUT2D eigenvalue weighted by Gasteiger charge is 1.90. The number of unbranched alkanes of at least 4 members (excludes halogenated alkanes) is 1. The predicted octanol–water partition coefficient (Wildman–Crippen LogP) is 0.178. The highest BCUT2D eigenvalue weighted by Crippen LogP contribution is 1.80. The molecule has 1 amide bonds. The lowest BCUT2D eigenvalue weighted by Crippen LogP contribution is -2.21. The molecule has 0 aromatic carbocycles. The summed E-state index contributed by atoms with van der Waals surface area (Å²) in [7, 11) is 0. The summed E-state index contributed by atoms with van der Waals surface area (Å²) in [5.41, 5.74) is 0. The molecule has 3 heteroatoms. The molecule has 0 aromatic rings. The first-order chi connectivity index (χ1) is 4.81. The lowest BCUT2D eigenvalue weighted by molar-refractivity contribution is -0.116. The van der Waals surface area contributed by atoms with Gasteiger partial charge in [0.25, 0.3) is 0 Å². The van der Waals surface area contributed by atoms with Gasteiger partial charge < -0.3 is 5.32 Å². The smallest absolute Gasteiger partial charge is 0.243 e. The van der Waals surface area contributed by atoms with E-state index in [1.807, 2.05) is 0 Å². The van der Waals surface area contributed by atoms with Crippen molar-refractivity contribution in [3.8, 4) is 0 Å². The summed E-state index contributed by atoms with van der Waals surface area (Å²) in [5.74, 6) is -0.203. The normalized spacial score (nSPS) is 8.40. The lowest BCUT2D eigenvalue weighted by Gasteiger charge is -1.96. The number of nitrogens with one attached hydrogen (secondary N) is 1. The van der Waals surface area contributed by atoms with Crippen LogP contribution < -0.4 is 5.32 Å². The average Bonchev–Trinajstić information content (AvgIpc) is 1.98. The molecule has 0 aliphatic heterocycles. The van der Waals surface area contributed by atoms with Gasteiger partial charge in [-0.15, -0.1) is 0 Å². The van der Waals surface area contributed by atoms with Gasteiger partial charge in [0.05, 0.1) is 0 Å². The topological polar surface area (TPSA) is 46.2 Å². The standard InChI is InChI=1S/C7H10NO2/c1-2-7(10)8-5-3-4-6-9/h2H,1,3-5H2,(H,8,10). The van der Waals surface area contributed by atoms with E-state index in [1.54, 1.807) is 6.29 Å². The third-order valence-corrected chi connectivity index (χ3v) is 0.940. The molecular weight excluding hydrogens is 130 g/mol. The van der Waals surface area contributed by atoms with Crippen molar-refractivity contribution in [2.75, 3.05) is 6.54 Å². The highest BCUT2D eigenvalue weighted by atomic mass is 16.1. The second-order valence-electron chi connectivity index (χ2n) is 1.74. The van der Waals surface area contributed by atoms with Crippen LogP contribution in [-0.2, 0) is 9.59 Å². The zero-order valence-electron chi connectivity index (χ0n) is 5.72. The van der Waals surface area contributed by atoms with Gasteiger partial charge in [0, 0.05) is 13.0 Å². The van der Waals surface area contributed by atoms with Crippen LogP contribution in [0.1, 0.15) is 12.8 Å². The largest absolute Gasteiger partial charge is 0.353 e. The molecule has 0 unspecified atom stereocenters. The van der Waals surface area contributed by atoms with Gasteiger partial charge in [0.15, 0.2) is 6.29 Å². The minimum atomic E-state index is -0.203. The van der Waals surface area contributed by atoms with Crippen LogP contribution in [0.3, 0.4) is 0 Å². The molecule has 0 aliphatic carbocycles. The maximum absolute atomic E-state index is 10.4. The second kappa shape index (κ2) is 6.01. The predicted molar refractivity (Wildman–Crippen MR) is 38.1 cm³/mol. The molecule has 0 saturated heterocycles. The summed E-state index contributed by atoms with van der Waals surface area (Å²) >= 11 is 0. The van der Waals surface area contributed by atoms with Gasteiger partial charge in [-0.2, -0.15) is 0 Å². The van der Waals surface area contributed by atoms with E-state index >= 15 is 0 Å². The Balaban J connectivity index is 3.11. The number of carbonyl (C=O) groups is 1. The van der Waals surface area contributed by atoms with Crippen molar-refractivity contribution in [2.45, 2.75) is 12.8 Å². The van der Waals surface area contributed by atoms with Gasteiger partial charge in [0.2, 0.25) is 5.91 Å². The monoisotopic (exact) mass is 140 g/mol. The minimum Gasteiger partial charge on any atom is -0.353 e. The Morgan fingerprint density at radius 3 is 2.90 bits per heavy atom. The van der Waals surface area contributed by atoms with Crippen molar-refractivity contribution >= 4 is 12.2 Å². The molecule has 0 rings (SSSR count). The molecule has 0 heterocycles. The second-order valence-corrected chi connectivity index (χ2v) is 1.74. The Labute approximate surface area is 60.1 Å². The molecule has 1 radical (unpaired) electrons. The van der Waals surface area contributed by atoms with E-state index in [0.717, 1.165) is 0 Å². The van der Waals surface area contributed by atoms with Gasteiger partial charge in [0.1, 0.15) is 0 Å². The van der Waals surface area contributed by atoms with Gasteiger partial charge in [-0.05, 0) is 12.5 Å². The van der Waals surface area contributed by atoms with Gasteiger partial charge >= 0.3 is 0 Å². The quantitative estimate of drug-likeness (QED) is 0.437. The molecule has 3 nitrogen and oxygen atoms in total. The van der Waals surface area contributed by atoms with Crippen LogP contribution in [0.5, 0.6) is 0 Å². The van der Waals surface area contributed by atoms with Crippen LogP contribution in [-0.4, -0.2) is 18.7 Å². The van der Waals surface area contributed by atoms with Gasteiger partial charge in [-0.3, -0.25) is 9.59 Å². The molecule has 1 N–H and O–H groups in total. The number of hydrogen-bond donors (Lipinski definition) is 1. The third-order valence-electron chi connectivity index (χ3n) is 0.940. The summed E-state index contributed by atoms with van der Waals surface area (Å²) in [6.45, 7) is 3.78. The molecule has 0 atom stereocenters. The molecule has 0 aromatic heterocycles. The molecule has 10 heavy (non-hydrogen) atoms. The molecule has 55 valence electrons. The Morgan fingerprint density at radius 2 is 2.40 bits per heavy atom. The molecule has 0 bridgehead atoms. The first kappa shape index (κ1) is 8.88. The zero-order chi connectivity index (χ0) is 7.82. The van der Waals surface area contributed by atoms with E-state index in [9.17, 15) is 9.59 Å². The number of rotatable bonds is 5. The summed E-state index contributed by atoms with van der Waals surface area (Å²) < 4.78 is 0. The van der Waals surface area contributed by atoms with E-state index < -0.39 is 0 Å². The first-order valence-electron chi connectivity index (χ1n) is 3.06. The summed E-state index contributed by atoms with van der Waals surface area (Å²) in [6, 6.07) is 0. The van der Waals surface area contributed by atoms with Crippen LogP contribution in [0, 0.1) is 0 Å². The molecule has 0 aliphatic rings. The molecular formula is C7H10NO2. The fourth-order valence-electron chi connectivity index (χ4n) is 0.444. The van der Waals surface area contributed by atoms with E-state index in [-0.39, 0.29) is 5.91 Å². The zero-order valence-corrected chi connectivity index (χ0v) is 5.72. The van der Waals surface area contributed by atoms with Crippen molar-refractivity contribution in [1.29, 1.82) is 0 Å².